The minimum absolute atomic E-state index is 0.113. The number of carbonyl (C=O) groups is 1. The van der Waals surface area contributed by atoms with E-state index in [0.29, 0.717) is 11.3 Å². The molecule has 6 heteroatoms. The Morgan fingerprint density at radius 2 is 1.85 bits per heavy atom. The molecule has 0 atom stereocenters. The molecular formula is C21H17N3O3. The number of rotatable bonds is 4. The third-order valence-corrected chi connectivity index (χ3v) is 4.62. The van der Waals surface area contributed by atoms with Crippen LogP contribution in [-0.2, 0) is 6.42 Å². The largest absolute Gasteiger partial charge is 0.384 e. The molecular weight excluding hydrogens is 342 g/mol. The van der Waals surface area contributed by atoms with Crippen LogP contribution in [0, 0.1) is 10.1 Å². The third-order valence-electron chi connectivity index (χ3n) is 4.62. The fraction of sp³-hybridized carbons (Fsp3) is 0.0952. The van der Waals surface area contributed by atoms with Crippen molar-refractivity contribution in [3.8, 4) is 11.1 Å². The second kappa shape index (κ2) is 6.92. The molecule has 0 unspecified atom stereocenters. The highest BCUT2D eigenvalue weighted by molar-refractivity contribution is 6.09. The number of anilines is 2. The van der Waals surface area contributed by atoms with E-state index in [9.17, 15) is 14.9 Å². The maximum atomic E-state index is 12.9. The van der Waals surface area contributed by atoms with Gasteiger partial charge in [-0.15, -0.1) is 0 Å². The average molecular weight is 359 g/mol. The zero-order valence-electron chi connectivity index (χ0n) is 14.4. The van der Waals surface area contributed by atoms with Crippen molar-refractivity contribution in [3.05, 3.63) is 88.0 Å². The topological polar surface area (TPSA) is 84.3 Å². The van der Waals surface area contributed by atoms with Crippen LogP contribution in [0.2, 0.25) is 0 Å². The number of nitrogens with zero attached hydrogens (tertiary/aromatic N) is 1. The second-order valence-corrected chi connectivity index (χ2v) is 6.36. The lowest BCUT2D eigenvalue weighted by Gasteiger charge is -2.11. The van der Waals surface area contributed by atoms with Gasteiger partial charge in [0, 0.05) is 30.1 Å². The van der Waals surface area contributed by atoms with E-state index in [1.54, 1.807) is 6.07 Å². The molecule has 3 aromatic rings. The minimum atomic E-state index is -0.493. The Balaban J connectivity index is 1.71. The fourth-order valence-corrected chi connectivity index (χ4v) is 3.28. The summed E-state index contributed by atoms with van der Waals surface area (Å²) in [6, 6.07) is 19.4. The Bertz CT molecular complexity index is 1030. The van der Waals surface area contributed by atoms with Gasteiger partial charge in [0.1, 0.15) is 0 Å². The number of amides is 1. The summed E-state index contributed by atoms with van der Waals surface area (Å²) < 4.78 is 0. The van der Waals surface area contributed by atoms with Crippen LogP contribution in [0.1, 0.15) is 15.9 Å². The Hall–Kier alpha value is -3.67. The van der Waals surface area contributed by atoms with Crippen molar-refractivity contribution in [2.24, 2.45) is 0 Å². The van der Waals surface area contributed by atoms with Crippen molar-refractivity contribution in [1.29, 1.82) is 0 Å². The van der Waals surface area contributed by atoms with Gasteiger partial charge in [0.2, 0.25) is 0 Å². The maximum absolute atomic E-state index is 12.9. The molecule has 0 aromatic heterocycles. The van der Waals surface area contributed by atoms with E-state index in [2.05, 4.69) is 10.6 Å². The first-order valence-corrected chi connectivity index (χ1v) is 8.64. The summed E-state index contributed by atoms with van der Waals surface area (Å²) in [7, 11) is 0. The van der Waals surface area contributed by atoms with Crippen LogP contribution in [0.25, 0.3) is 11.1 Å². The summed E-state index contributed by atoms with van der Waals surface area (Å²) in [4.78, 5) is 23.6. The second-order valence-electron chi connectivity index (χ2n) is 6.36. The summed E-state index contributed by atoms with van der Waals surface area (Å²) in [5, 5.41) is 17.3. The highest BCUT2D eigenvalue weighted by Crippen LogP contribution is 2.29. The Kier molecular flexibility index (Phi) is 4.30. The van der Waals surface area contributed by atoms with E-state index in [4.69, 9.17) is 0 Å². The molecule has 1 amide bonds. The molecule has 6 nitrogen and oxygen atoms in total. The van der Waals surface area contributed by atoms with Crippen molar-refractivity contribution in [2.75, 3.05) is 17.2 Å². The van der Waals surface area contributed by atoms with Crippen molar-refractivity contribution < 1.29 is 9.72 Å². The van der Waals surface area contributed by atoms with Gasteiger partial charge in [0.25, 0.3) is 11.6 Å². The number of nitro benzene ring substituents is 1. The van der Waals surface area contributed by atoms with Crippen LogP contribution < -0.4 is 10.6 Å². The highest BCUT2D eigenvalue weighted by atomic mass is 16.6. The Morgan fingerprint density at radius 1 is 1.04 bits per heavy atom. The van der Waals surface area contributed by atoms with Gasteiger partial charge in [-0.05, 0) is 47.4 Å². The van der Waals surface area contributed by atoms with Gasteiger partial charge in [-0.25, -0.2) is 0 Å². The lowest BCUT2D eigenvalue weighted by Crippen LogP contribution is -2.13. The molecule has 0 spiro atoms. The summed E-state index contributed by atoms with van der Waals surface area (Å²) >= 11 is 0. The van der Waals surface area contributed by atoms with E-state index < -0.39 is 4.92 Å². The van der Waals surface area contributed by atoms with E-state index in [1.165, 1.54) is 12.1 Å². The number of carbonyl (C=O) groups excluding carboxylic acids is 1. The molecule has 0 saturated carbocycles. The molecule has 0 radical (unpaired) electrons. The first-order chi connectivity index (χ1) is 13.1. The van der Waals surface area contributed by atoms with Gasteiger partial charge in [0.05, 0.1) is 10.5 Å². The average Bonchev–Trinajstić information content (AvgIpc) is 3.16. The molecule has 4 rings (SSSR count). The zero-order valence-corrected chi connectivity index (χ0v) is 14.4. The number of nitrogens with one attached hydrogen (secondary N) is 2. The highest BCUT2D eigenvalue weighted by Gasteiger charge is 2.19. The van der Waals surface area contributed by atoms with Crippen LogP contribution in [0.3, 0.4) is 0 Å². The van der Waals surface area contributed by atoms with Gasteiger partial charge in [0.15, 0.2) is 0 Å². The number of hydrogen-bond acceptors (Lipinski definition) is 4. The number of fused-ring (bicyclic) bond motifs is 1. The molecule has 27 heavy (non-hydrogen) atoms. The van der Waals surface area contributed by atoms with Crippen molar-refractivity contribution in [1.82, 2.24) is 0 Å². The van der Waals surface area contributed by atoms with Gasteiger partial charge in [-0.1, -0.05) is 30.3 Å². The summed E-state index contributed by atoms with van der Waals surface area (Å²) in [6.07, 6.45) is 0.908. The summed E-state index contributed by atoms with van der Waals surface area (Å²) in [6.45, 7) is 0.885. The summed E-state index contributed by atoms with van der Waals surface area (Å²) in [5.74, 6) is -0.372. The predicted molar refractivity (Wildman–Crippen MR) is 105 cm³/mol. The van der Waals surface area contributed by atoms with Crippen molar-refractivity contribution >= 4 is 23.0 Å². The van der Waals surface area contributed by atoms with Gasteiger partial charge >= 0.3 is 0 Å². The standard InChI is InChI=1S/C21H17N3O3/c25-21(23-16-6-9-20-15(12-16)10-11-22-20)19-13-17(24(26)27)7-8-18(19)14-4-2-1-3-5-14/h1-9,12-13,22H,10-11H2,(H,23,25). The van der Waals surface area contributed by atoms with E-state index >= 15 is 0 Å². The van der Waals surface area contributed by atoms with Gasteiger partial charge < -0.3 is 10.6 Å². The third kappa shape index (κ3) is 3.37. The lowest BCUT2D eigenvalue weighted by molar-refractivity contribution is -0.384. The SMILES string of the molecule is O=C(Nc1ccc2c(c1)CCN2)c1cc([N+](=O)[O-])ccc1-c1ccccc1. The van der Waals surface area contributed by atoms with Crippen LogP contribution >= 0.6 is 0 Å². The van der Waals surface area contributed by atoms with Crippen molar-refractivity contribution in [3.63, 3.8) is 0 Å². The lowest BCUT2D eigenvalue weighted by atomic mass is 9.98. The summed E-state index contributed by atoms with van der Waals surface area (Å²) in [5.41, 5.74) is 4.54. The quantitative estimate of drug-likeness (QED) is 0.531. The number of non-ortho nitro benzene ring substituents is 1. The van der Waals surface area contributed by atoms with Crippen LogP contribution in [-0.4, -0.2) is 17.4 Å². The molecule has 0 saturated heterocycles. The van der Waals surface area contributed by atoms with Crippen LogP contribution in [0.5, 0.6) is 0 Å². The molecule has 1 heterocycles. The molecule has 1 aliphatic heterocycles. The molecule has 0 bridgehead atoms. The fourth-order valence-electron chi connectivity index (χ4n) is 3.28. The predicted octanol–water partition coefficient (Wildman–Crippen LogP) is 4.48. The molecule has 0 aliphatic carbocycles. The normalized spacial score (nSPS) is 12.1. The first-order valence-electron chi connectivity index (χ1n) is 8.64. The molecule has 1 aliphatic rings. The number of benzene rings is 3. The van der Waals surface area contributed by atoms with Crippen LogP contribution in [0.4, 0.5) is 17.1 Å². The van der Waals surface area contributed by atoms with E-state index in [1.807, 2.05) is 48.5 Å². The van der Waals surface area contributed by atoms with Crippen molar-refractivity contribution in [2.45, 2.75) is 6.42 Å². The first kappa shape index (κ1) is 16.8. The zero-order chi connectivity index (χ0) is 18.8. The smallest absolute Gasteiger partial charge is 0.270 e. The molecule has 2 N–H and O–H groups in total. The maximum Gasteiger partial charge on any atom is 0.270 e. The van der Waals surface area contributed by atoms with Gasteiger partial charge in [-0.2, -0.15) is 0 Å². The Morgan fingerprint density at radius 3 is 2.63 bits per heavy atom. The van der Waals surface area contributed by atoms with Crippen LogP contribution in [0.15, 0.2) is 66.7 Å². The van der Waals surface area contributed by atoms with Gasteiger partial charge in [-0.3, -0.25) is 14.9 Å². The minimum Gasteiger partial charge on any atom is -0.384 e. The Labute approximate surface area is 156 Å². The number of hydrogen-bond donors (Lipinski definition) is 2. The molecule has 0 fully saturated rings. The molecule has 134 valence electrons. The van der Waals surface area contributed by atoms with E-state index in [0.717, 1.165) is 29.8 Å². The monoisotopic (exact) mass is 359 g/mol. The van der Waals surface area contributed by atoms with E-state index in [-0.39, 0.29) is 17.2 Å². The molecule has 3 aromatic carbocycles. The number of nitro groups is 1.